The first kappa shape index (κ1) is 17.7. The monoisotopic (exact) mass is 350 g/mol. The number of nitrogens with zero attached hydrogens (tertiary/aromatic N) is 2. The van der Waals surface area contributed by atoms with E-state index in [1.165, 1.54) is 0 Å². The summed E-state index contributed by atoms with van der Waals surface area (Å²) in [5.41, 5.74) is 0. The van der Waals surface area contributed by atoms with Crippen LogP contribution in [0.4, 0.5) is 0 Å². The maximum absolute atomic E-state index is 11.1. The molecule has 0 aromatic carbocycles. The van der Waals surface area contributed by atoms with Gasteiger partial charge in [0, 0.05) is 0 Å². The molecule has 3 heterocycles. The molecule has 0 aromatic rings. The van der Waals surface area contributed by atoms with Gasteiger partial charge >= 0.3 is 0 Å². The molecule has 4 N–H and O–H groups in total. The van der Waals surface area contributed by atoms with Crippen LogP contribution in [0, 0.1) is 9.81 Å². The molecule has 0 radical (unpaired) electrons. The molecule has 136 valence electrons. The van der Waals surface area contributed by atoms with Gasteiger partial charge in [-0.1, -0.05) is 10.4 Å². The molecule has 3 saturated heterocycles. The highest BCUT2D eigenvalue weighted by molar-refractivity contribution is 5.06. The van der Waals surface area contributed by atoms with Gasteiger partial charge in [-0.15, -0.1) is 0 Å². The Morgan fingerprint density at radius 1 is 1.00 bits per heavy atom. The molecule has 8 atom stereocenters. The van der Waals surface area contributed by atoms with Crippen LogP contribution in [0.5, 0.6) is 0 Å². The minimum atomic E-state index is -1.77. The second-order valence-corrected chi connectivity index (χ2v) is 6.00. The van der Waals surface area contributed by atoms with E-state index in [1.54, 1.807) is 0 Å². The second kappa shape index (κ2) is 6.31. The Labute approximate surface area is 135 Å². The molecule has 0 aromatic heterocycles. The van der Waals surface area contributed by atoms with Gasteiger partial charge in [0.1, 0.15) is 37.6 Å². The Kier molecular flexibility index (Phi) is 4.65. The van der Waals surface area contributed by atoms with Crippen LogP contribution in [0.15, 0.2) is 10.4 Å². The fourth-order valence-corrected chi connectivity index (χ4v) is 3.18. The molecule has 24 heavy (non-hydrogen) atoms. The third-order valence-corrected chi connectivity index (χ3v) is 4.62. The van der Waals surface area contributed by atoms with Gasteiger partial charge in [-0.25, -0.2) is 0 Å². The van der Waals surface area contributed by atoms with Gasteiger partial charge in [0.15, 0.2) is 12.1 Å². The second-order valence-electron chi connectivity index (χ2n) is 6.00. The number of rotatable bonds is 3. The average molecular weight is 350 g/mol. The van der Waals surface area contributed by atoms with Gasteiger partial charge in [0.2, 0.25) is 11.6 Å². The maximum Gasteiger partial charge on any atom is 0.222 e. The third kappa shape index (κ3) is 2.46. The summed E-state index contributed by atoms with van der Waals surface area (Å²) >= 11 is 0. The van der Waals surface area contributed by atoms with Gasteiger partial charge in [0.05, 0.1) is 13.2 Å². The summed E-state index contributed by atoms with van der Waals surface area (Å²) in [4.78, 5) is 22.1. The van der Waals surface area contributed by atoms with Gasteiger partial charge in [0.25, 0.3) is 0 Å². The summed E-state index contributed by atoms with van der Waals surface area (Å²) in [6.45, 7) is -1.81. The van der Waals surface area contributed by atoms with Crippen molar-refractivity contribution in [3.05, 3.63) is 9.81 Å². The summed E-state index contributed by atoms with van der Waals surface area (Å²) in [6.07, 6.45) is -5.30. The average Bonchev–Trinajstić information content (AvgIpc) is 2.84. The molecule has 2 unspecified atom stereocenters. The zero-order valence-electron chi connectivity index (χ0n) is 12.4. The Bertz CT molecular complexity index is 496. The van der Waals surface area contributed by atoms with Gasteiger partial charge < -0.3 is 39.4 Å². The van der Waals surface area contributed by atoms with Crippen molar-refractivity contribution in [3.63, 3.8) is 0 Å². The van der Waals surface area contributed by atoms with Crippen LogP contribution in [0.2, 0.25) is 0 Å². The van der Waals surface area contributed by atoms with E-state index in [9.17, 15) is 25.1 Å². The molecule has 0 saturated carbocycles. The Morgan fingerprint density at radius 3 is 2.17 bits per heavy atom. The quantitative estimate of drug-likeness (QED) is 0.389. The number of nitroso groups, excluding NO2 is 2. The van der Waals surface area contributed by atoms with E-state index in [4.69, 9.17) is 24.1 Å². The molecule has 3 rings (SSSR count). The number of hydrogen-bond acceptors (Lipinski definition) is 12. The van der Waals surface area contributed by atoms with Crippen molar-refractivity contribution >= 4 is 0 Å². The summed E-state index contributed by atoms with van der Waals surface area (Å²) in [5.74, 6) is -3.52. The topological polar surface area (TPSA) is 177 Å². The summed E-state index contributed by atoms with van der Waals surface area (Å²) in [6, 6.07) is -2.84. The number of ether oxygens (including phenoxy) is 4. The van der Waals surface area contributed by atoms with Crippen LogP contribution >= 0.6 is 0 Å². The SMILES string of the molecule is O=NC1[C@@H](N=O)[C@H](O)CO[C@]12CO[C@]1(CO2)O[C@H](CO)C(O)[C@H]1O. The van der Waals surface area contributed by atoms with Crippen molar-refractivity contribution in [2.24, 2.45) is 10.4 Å². The largest absolute Gasteiger partial charge is 0.394 e. The lowest BCUT2D eigenvalue weighted by Crippen LogP contribution is -2.68. The molecular formula is C12H18N2O10. The fraction of sp³-hybridized carbons (Fsp3) is 1.00. The smallest absolute Gasteiger partial charge is 0.222 e. The standard InChI is InChI=1S/C12H18N2O10/c15-1-6-8(17)10(18)12(24-6)4-22-11(3-23-12)9(14-20)7(13-19)5(16)2-21-11/h5-10,15-18H,1-4H2/t5-,6-,7+,8?,9?,10-,11+,12-/m1/s1. The maximum atomic E-state index is 11.1. The highest BCUT2D eigenvalue weighted by atomic mass is 16.8. The number of aliphatic hydroxyl groups is 4. The van der Waals surface area contributed by atoms with E-state index in [0.717, 1.165) is 0 Å². The molecular weight excluding hydrogens is 332 g/mol. The Morgan fingerprint density at radius 2 is 1.67 bits per heavy atom. The first-order valence-corrected chi connectivity index (χ1v) is 7.32. The molecule has 3 aliphatic rings. The minimum absolute atomic E-state index is 0.329. The van der Waals surface area contributed by atoms with Crippen LogP contribution in [-0.4, -0.2) is 94.9 Å². The van der Waals surface area contributed by atoms with Crippen LogP contribution < -0.4 is 0 Å². The Hall–Kier alpha value is -1.12. The van der Waals surface area contributed by atoms with Crippen molar-refractivity contribution in [1.29, 1.82) is 0 Å². The molecule has 0 amide bonds. The highest BCUT2D eigenvalue weighted by Crippen LogP contribution is 2.42. The lowest BCUT2D eigenvalue weighted by molar-refractivity contribution is -0.408. The Balaban J connectivity index is 1.78. The lowest BCUT2D eigenvalue weighted by Gasteiger charge is -2.49. The van der Waals surface area contributed by atoms with Crippen LogP contribution in [-0.2, 0) is 18.9 Å². The van der Waals surface area contributed by atoms with E-state index in [1.807, 2.05) is 0 Å². The molecule has 3 aliphatic heterocycles. The predicted molar refractivity (Wildman–Crippen MR) is 72.5 cm³/mol. The zero-order valence-corrected chi connectivity index (χ0v) is 12.4. The number of hydrogen-bond donors (Lipinski definition) is 4. The number of aliphatic hydroxyl groups excluding tert-OH is 4. The van der Waals surface area contributed by atoms with Crippen LogP contribution in [0.25, 0.3) is 0 Å². The minimum Gasteiger partial charge on any atom is -0.394 e. The van der Waals surface area contributed by atoms with Crippen molar-refractivity contribution in [2.75, 3.05) is 26.4 Å². The van der Waals surface area contributed by atoms with Crippen LogP contribution in [0.1, 0.15) is 0 Å². The van der Waals surface area contributed by atoms with Gasteiger partial charge in [-0.2, -0.15) is 9.81 Å². The predicted octanol–water partition coefficient (Wildman–Crippen LogP) is -2.80. The van der Waals surface area contributed by atoms with E-state index < -0.39 is 67.9 Å². The third-order valence-electron chi connectivity index (χ3n) is 4.62. The van der Waals surface area contributed by atoms with Gasteiger partial charge in [-0.05, 0) is 0 Å². The van der Waals surface area contributed by atoms with E-state index in [2.05, 4.69) is 10.4 Å². The molecule has 2 spiro atoms. The highest BCUT2D eigenvalue weighted by Gasteiger charge is 2.64. The molecule has 0 bridgehead atoms. The summed E-state index contributed by atoms with van der Waals surface area (Å²) in [7, 11) is 0. The van der Waals surface area contributed by atoms with Gasteiger partial charge in [-0.3, -0.25) is 0 Å². The molecule has 0 aliphatic carbocycles. The van der Waals surface area contributed by atoms with E-state index in [-0.39, 0.29) is 6.61 Å². The normalized spacial score (nSPS) is 51.8. The first-order chi connectivity index (χ1) is 11.4. The van der Waals surface area contributed by atoms with Crippen molar-refractivity contribution in [3.8, 4) is 0 Å². The zero-order chi connectivity index (χ0) is 17.5. The van der Waals surface area contributed by atoms with Crippen molar-refractivity contribution < 1.29 is 39.4 Å². The molecule has 3 fully saturated rings. The fourth-order valence-electron chi connectivity index (χ4n) is 3.18. The summed E-state index contributed by atoms with van der Waals surface area (Å²) < 4.78 is 21.7. The molecule has 12 nitrogen and oxygen atoms in total. The van der Waals surface area contributed by atoms with E-state index >= 15 is 0 Å². The van der Waals surface area contributed by atoms with E-state index in [0.29, 0.717) is 0 Å². The lowest BCUT2D eigenvalue weighted by atomic mass is 9.92. The first-order valence-electron chi connectivity index (χ1n) is 7.32. The van der Waals surface area contributed by atoms with Crippen molar-refractivity contribution in [1.82, 2.24) is 0 Å². The van der Waals surface area contributed by atoms with Crippen LogP contribution in [0.3, 0.4) is 0 Å². The van der Waals surface area contributed by atoms with Crippen molar-refractivity contribution in [2.45, 2.75) is 48.1 Å². The summed E-state index contributed by atoms with van der Waals surface area (Å²) in [5, 5.41) is 44.2. The molecule has 12 heteroatoms.